The van der Waals surface area contributed by atoms with E-state index in [-0.39, 0.29) is 5.69 Å². The van der Waals surface area contributed by atoms with Crippen LogP contribution in [0.15, 0.2) is 22.7 Å². The zero-order chi connectivity index (χ0) is 12.3. The maximum absolute atomic E-state index is 13.3. The van der Waals surface area contributed by atoms with Gasteiger partial charge < -0.3 is 5.11 Å². The first-order valence-electron chi connectivity index (χ1n) is 4.44. The summed E-state index contributed by atoms with van der Waals surface area (Å²) in [6, 6.07) is 3.98. The van der Waals surface area contributed by atoms with Crippen molar-refractivity contribution in [2.75, 3.05) is 11.3 Å². The van der Waals surface area contributed by atoms with Crippen LogP contribution in [0.4, 0.5) is 10.1 Å². The molecule has 1 rings (SSSR count). The van der Waals surface area contributed by atoms with E-state index in [1.807, 2.05) is 0 Å². The van der Waals surface area contributed by atoms with Gasteiger partial charge in [-0.1, -0.05) is 15.9 Å². The van der Waals surface area contributed by atoms with Gasteiger partial charge in [-0.25, -0.2) is 12.8 Å². The number of hydrogen-bond donors (Lipinski definition) is 2. The van der Waals surface area contributed by atoms with Crippen LogP contribution in [0, 0.1) is 5.82 Å². The summed E-state index contributed by atoms with van der Waals surface area (Å²) in [5, 5.41) is 7.75. The minimum Gasteiger partial charge on any atom is -0.395 e. The molecule has 0 heterocycles. The molecule has 0 amide bonds. The number of halogens is 2. The van der Waals surface area contributed by atoms with E-state index in [1.54, 1.807) is 0 Å². The van der Waals surface area contributed by atoms with E-state index in [2.05, 4.69) is 20.7 Å². The van der Waals surface area contributed by atoms with Crippen LogP contribution in [0.25, 0.3) is 0 Å². The van der Waals surface area contributed by atoms with Crippen molar-refractivity contribution >= 4 is 31.6 Å². The van der Waals surface area contributed by atoms with E-state index < -0.39 is 27.7 Å². The maximum Gasteiger partial charge on any atom is 0.237 e. The van der Waals surface area contributed by atoms with E-state index in [9.17, 15) is 12.8 Å². The third kappa shape index (κ3) is 3.16. The van der Waals surface area contributed by atoms with Crippen molar-refractivity contribution in [2.24, 2.45) is 0 Å². The van der Waals surface area contributed by atoms with E-state index in [0.29, 0.717) is 4.47 Å². The average Bonchev–Trinajstić information content (AvgIpc) is 2.21. The first-order valence-corrected chi connectivity index (χ1v) is 6.78. The Bertz CT molecular complexity index is 478. The molecule has 16 heavy (non-hydrogen) atoms. The van der Waals surface area contributed by atoms with Crippen molar-refractivity contribution < 1.29 is 17.9 Å². The molecule has 0 saturated carbocycles. The van der Waals surface area contributed by atoms with Gasteiger partial charge in [-0.2, -0.15) is 0 Å². The van der Waals surface area contributed by atoms with Gasteiger partial charge >= 0.3 is 0 Å². The molecule has 4 nitrogen and oxygen atoms in total. The van der Waals surface area contributed by atoms with Crippen LogP contribution >= 0.6 is 15.9 Å². The molecule has 0 fully saturated rings. The quantitative estimate of drug-likeness (QED) is 0.889. The average molecular weight is 312 g/mol. The van der Waals surface area contributed by atoms with Crippen molar-refractivity contribution in [3.63, 3.8) is 0 Å². The third-order valence-corrected chi connectivity index (χ3v) is 4.18. The van der Waals surface area contributed by atoms with Gasteiger partial charge in [0.15, 0.2) is 0 Å². The number of rotatable bonds is 4. The molecule has 1 atom stereocenters. The molecule has 0 spiro atoms. The lowest BCUT2D eigenvalue weighted by atomic mass is 10.3. The number of nitrogens with one attached hydrogen (secondary N) is 1. The number of sulfonamides is 1. The first kappa shape index (κ1) is 13.4. The van der Waals surface area contributed by atoms with Crippen molar-refractivity contribution in [3.05, 3.63) is 28.5 Å². The number of anilines is 1. The summed E-state index contributed by atoms with van der Waals surface area (Å²) in [6.45, 7) is 0.812. The topological polar surface area (TPSA) is 66.4 Å². The normalized spacial score (nSPS) is 13.5. The van der Waals surface area contributed by atoms with Crippen LogP contribution in [0.1, 0.15) is 6.92 Å². The van der Waals surface area contributed by atoms with E-state index in [0.717, 1.165) is 6.07 Å². The summed E-state index contributed by atoms with van der Waals surface area (Å²) in [5.74, 6) is -0.678. The van der Waals surface area contributed by atoms with Crippen molar-refractivity contribution in [1.82, 2.24) is 0 Å². The molecule has 1 aromatic carbocycles. The highest BCUT2D eigenvalue weighted by atomic mass is 79.9. The predicted molar refractivity (Wildman–Crippen MR) is 63.2 cm³/mol. The SMILES string of the molecule is C[C@@H](CO)S(=O)(=O)Nc1ccc(Br)cc1F. The number of aliphatic hydroxyl groups is 1. The highest BCUT2D eigenvalue weighted by Gasteiger charge is 2.20. The summed E-state index contributed by atoms with van der Waals surface area (Å²) in [5.41, 5.74) is -0.136. The fourth-order valence-corrected chi connectivity index (χ4v) is 2.13. The molecule has 0 aliphatic heterocycles. The van der Waals surface area contributed by atoms with Crippen molar-refractivity contribution in [3.8, 4) is 0 Å². The number of aliphatic hydroxyl groups excluding tert-OH is 1. The Labute approximate surface area is 102 Å². The number of hydrogen-bond acceptors (Lipinski definition) is 3. The lowest BCUT2D eigenvalue weighted by Gasteiger charge is -2.12. The van der Waals surface area contributed by atoms with Gasteiger partial charge in [-0.05, 0) is 25.1 Å². The second-order valence-electron chi connectivity index (χ2n) is 3.26. The fourth-order valence-electron chi connectivity index (χ4n) is 0.924. The van der Waals surface area contributed by atoms with Gasteiger partial charge in [0.1, 0.15) is 11.1 Å². The zero-order valence-corrected chi connectivity index (χ0v) is 10.8. The van der Waals surface area contributed by atoms with Crippen LogP contribution in [-0.4, -0.2) is 25.4 Å². The lowest BCUT2D eigenvalue weighted by Crippen LogP contribution is -2.28. The van der Waals surface area contributed by atoms with E-state index in [1.165, 1.54) is 19.1 Å². The molecule has 0 radical (unpaired) electrons. The van der Waals surface area contributed by atoms with E-state index in [4.69, 9.17) is 5.11 Å². The largest absolute Gasteiger partial charge is 0.395 e. The molecule has 2 N–H and O–H groups in total. The third-order valence-electron chi connectivity index (χ3n) is 1.97. The van der Waals surface area contributed by atoms with E-state index >= 15 is 0 Å². The molecule has 90 valence electrons. The van der Waals surface area contributed by atoms with Gasteiger partial charge in [-0.3, -0.25) is 4.72 Å². The lowest BCUT2D eigenvalue weighted by molar-refractivity contribution is 0.296. The smallest absolute Gasteiger partial charge is 0.237 e. The Balaban J connectivity index is 2.97. The molecule has 0 bridgehead atoms. The molecule has 0 aliphatic rings. The highest BCUT2D eigenvalue weighted by Crippen LogP contribution is 2.21. The Morgan fingerprint density at radius 1 is 1.56 bits per heavy atom. The zero-order valence-electron chi connectivity index (χ0n) is 8.44. The second kappa shape index (κ2) is 5.11. The minimum absolute atomic E-state index is 0.136. The van der Waals surface area contributed by atoms with Gasteiger partial charge in [0, 0.05) is 4.47 Å². The van der Waals surface area contributed by atoms with Gasteiger partial charge in [0.25, 0.3) is 0 Å². The molecule has 1 aromatic rings. The molecule has 0 aromatic heterocycles. The monoisotopic (exact) mass is 311 g/mol. The summed E-state index contributed by atoms with van der Waals surface area (Å²) in [4.78, 5) is 0. The summed E-state index contributed by atoms with van der Waals surface area (Å²) < 4.78 is 39.0. The van der Waals surface area contributed by atoms with Crippen LogP contribution < -0.4 is 4.72 Å². The molecule has 0 unspecified atom stereocenters. The van der Waals surface area contributed by atoms with Gasteiger partial charge in [-0.15, -0.1) is 0 Å². The van der Waals surface area contributed by atoms with Crippen molar-refractivity contribution in [2.45, 2.75) is 12.2 Å². The van der Waals surface area contributed by atoms with Crippen molar-refractivity contribution in [1.29, 1.82) is 0 Å². The number of benzene rings is 1. The Hall–Kier alpha value is -0.660. The standard InChI is InChI=1S/C9H11BrFNO3S/c1-6(5-13)16(14,15)12-9-3-2-7(10)4-8(9)11/h2-4,6,12-13H,5H2,1H3/t6-/m0/s1. The molecular weight excluding hydrogens is 301 g/mol. The molecular formula is C9H11BrFNO3S. The Kier molecular flexibility index (Phi) is 4.28. The van der Waals surface area contributed by atoms with Gasteiger partial charge in [0.05, 0.1) is 12.3 Å². The first-order chi connectivity index (χ1) is 7.36. The van der Waals surface area contributed by atoms with Crippen LogP contribution in [0.5, 0.6) is 0 Å². The summed E-state index contributed by atoms with van der Waals surface area (Å²) >= 11 is 3.06. The van der Waals surface area contributed by atoms with Gasteiger partial charge in [0.2, 0.25) is 10.0 Å². The molecule has 0 saturated heterocycles. The fraction of sp³-hybridized carbons (Fsp3) is 0.333. The Morgan fingerprint density at radius 3 is 2.69 bits per heavy atom. The van der Waals surface area contributed by atoms with Crippen LogP contribution in [0.3, 0.4) is 0 Å². The van der Waals surface area contributed by atoms with Crippen LogP contribution in [-0.2, 0) is 10.0 Å². The van der Waals surface area contributed by atoms with Crippen LogP contribution in [0.2, 0.25) is 0 Å². The highest BCUT2D eigenvalue weighted by molar-refractivity contribution is 9.10. The maximum atomic E-state index is 13.3. The molecule has 7 heteroatoms. The summed E-state index contributed by atoms with van der Waals surface area (Å²) in [6.07, 6.45) is 0. The minimum atomic E-state index is -3.75. The molecule has 0 aliphatic carbocycles. The second-order valence-corrected chi connectivity index (χ2v) is 6.28. The Morgan fingerprint density at radius 2 is 2.19 bits per heavy atom. The predicted octanol–water partition coefficient (Wildman–Crippen LogP) is 1.71. The summed E-state index contributed by atoms with van der Waals surface area (Å²) in [7, 11) is -3.75.